The number of aliphatic hydroxyl groups excluding tert-OH is 2. The Balaban J connectivity index is 0.00000280. The molecule has 28 heavy (non-hydrogen) atoms. The summed E-state index contributed by atoms with van der Waals surface area (Å²) >= 11 is 0. The van der Waals surface area contributed by atoms with Crippen LogP contribution < -0.4 is 14.8 Å². The highest BCUT2D eigenvalue weighted by atomic mass is 35.5. The van der Waals surface area contributed by atoms with Crippen LogP contribution in [0.15, 0.2) is 48.9 Å². The molecule has 1 fully saturated rings. The monoisotopic (exact) mass is 409 g/mol. The fourth-order valence-corrected chi connectivity index (χ4v) is 3.15. The van der Waals surface area contributed by atoms with Gasteiger partial charge >= 0.3 is 0 Å². The van der Waals surface area contributed by atoms with Crippen LogP contribution in [0.2, 0.25) is 0 Å². The van der Waals surface area contributed by atoms with Gasteiger partial charge in [0, 0.05) is 24.4 Å². The molecular weight excluding hydrogens is 386 g/mol. The molecule has 2 aromatic rings. The van der Waals surface area contributed by atoms with Crippen LogP contribution in [0.4, 0.5) is 0 Å². The predicted molar refractivity (Wildman–Crippen MR) is 103 cm³/mol. The minimum atomic E-state index is -0.854. The number of aromatic nitrogens is 2. The lowest BCUT2D eigenvalue weighted by atomic mass is 9.86. The highest BCUT2D eigenvalue weighted by Gasteiger charge is 2.45. The van der Waals surface area contributed by atoms with E-state index < -0.39 is 17.6 Å². The van der Waals surface area contributed by atoms with Gasteiger partial charge in [0.15, 0.2) is 6.61 Å². The summed E-state index contributed by atoms with van der Waals surface area (Å²) in [6.07, 6.45) is 3.47. The molecule has 3 atom stereocenters. The molecule has 9 heteroatoms. The first-order valence-corrected chi connectivity index (χ1v) is 8.76. The summed E-state index contributed by atoms with van der Waals surface area (Å²) in [7, 11) is 0. The lowest BCUT2D eigenvalue weighted by molar-refractivity contribution is -0.123. The lowest BCUT2D eigenvalue weighted by Crippen LogP contribution is -2.42. The van der Waals surface area contributed by atoms with Gasteiger partial charge in [-0.1, -0.05) is 18.2 Å². The van der Waals surface area contributed by atoms with E-state index in [0.717, 1.165) is 0 Å². The molecule has 0 bridgehead atoms. The molecule has 3 rings (SSSR count). The molecule has 1 aliphatic rings. The Bertz CT molecular complexity index is 725. The van der Waals surface area contributed by atoms with E-state index in [0.29, 0.717) is 24.5 Å². The van der Waals surface area contributed by atoms with E-state index in [2.05, 4.69) is 15.3 Å². The number of rotatable bonds is 8. The topological polar surface area (TPSA) is 114 Å². The number of nitrogens with one attached hydrogen (secondary N) is 1. The van der Waals surface area contributed by atoms with Gasteiger partial charge in [-0.25, -0.2) is 4.98 Å². The highest BCUT2D eigenvalue weighted by molar-refractivity contribution is 5.85. The third-order valence-electron chi connectivity index (χ3n) is 4.57. The van der Waals surface area contributed by atoms with Gasteiger partial charge < -0.3 is 25.0 Å². The number of hydrogen-bond acceptors (Lipinski definition) is 7. The largest absolute Gasteiger partial charge is 0.484 e. The van der Waals surface area contributed by atoms with Gasteiger partial charge in [0.05, 0.1) is 25.0 Å². The zero-order valence-corrected chi connectivity index (χ0v) is 16.0. The Morgan fingerprint density at radius 3 is 2.50 bits per heavy atom. The van der Waals surface area contributed by atoms with Crippen molar-refractivity contribution in [1.29, 1.82) is 0 Å². The number of amides is 1. The summed E-state index contributed by atoms with van der Waals surface area (Å²) in [4.78, 5) is 20.1. The number of aliphatic hydroxyl groups is 2. The summed E-state index contributed by atoms with van der Waals surface area (Å²) in [5.74, 6) is 0.681. The normalized spacial score (nSPS) is 23.5. The number of hydrogen-bond donors (Lipinski definition) is 3. The average molecular weight is 410 g/mol. The Labute approximate surface area is 169 Å². The molecule has 0 aliphatic heterocycles. The van der Waals surface area contributed by atoms with Gasteiger partial charge in [-0.05, 0) is 25.0 Å². The second-order valence-electron chi connectivity index (χ2n) is 6.75. The molecule has 1 saturated carbocycles. The molecule has 0 saturated heterocycles. The molecule has 0 radical (unpaired) electrons. The van der Waals surface area contributed by atoms with Crippen molar-refractivity contribution in [2.24, 2.45) is 5.41 Å². The van der Waals surface area contributed by atoms with Crippen molar-refractivity contribution >= 4 is 18.3 Å². The third-order valence-corrected chi connectivity index (χ3v) is 4.57. The van der Waals surface area contributed by atoms with Gasteiger partial charge in [0.2, 0.25) is 5.88 Å². The van der Waals surface area contributed by atoms with E-state index in [1.54, 1.807) is 18.3 Å². The van der Waals surface area contributed by atoms with E-state index in [4.69, 9.17) is 9.47 Å². The molecule has 1 heterocycles. The van der Waals surface area contributed by atoms with Crippen molar-refractivity contribution in [3.63, 3.8) is 0 Å². The fourth-order valence-electron chi connectivity index (χ4n) is 3.15. The van der Waals surface area contributed by atoms with Gasteiger partial charge in [-0.15, -0.1) is 12.4 Å². The molecule has 1 unspecified atom stereocenters. The first-order chi connectivity index (χ1) is 13.1. The number of para-hydroxylation sites is 1. The average Bonchev–Trinajstić information content (AvgIpc) is 2.99. The molecule has 1 aliphatic carbocycles. The first-order valence-electron chi connectivity index (χ1n) is 8.76. The van der Waals surface area contributed by atoms with Crippen LogP contribution >= 0.6 is 12.4 Å². The predicted octanol–water partition coefficient (Wildman–Crippen LogP) is 0.974. The van der Waals surface area contributed by atoms with Crippen LogP contribution in [0, 0.1) is 5.41 Å². The smallest absolute Gasteiger partial charge is 0.257 e. The number of carbonyl (C=O) groups excluding carboxylic acids is 1. The molecule has 1 aromatic carbocycles. The van der Waals surface area contributed by atoms with E-state index in [1.165, 1.54) is 12.4 Å². The van der Waals surface area contributed by atoms with E-state index >= 15 is 0 Å². The maximum absolute atomic E-state index is 12.1. The van der Waals surface area contributed by atoms with E-state index in [9.17, 15) is 15.0 Å². The van der Waals surface area contributed by atoms with Crippen molar-refractivity contribution in [2.75, 3.05) is 19.8 Å². The summed E-state index contributed by atoms with van der Waals surface area (Å²) in [5.41, 5.74) is -0.598. The number of benzene rings is 1. The lowest BCUT2D eigenvalue weighted by Gasteiger charge is -2.28. The number of halogens is 1. The van der Waals surface area contributed by atoms with Crippen LogP contribution in [0.5, 0.6) is 11.6 Å². The van der Waals surface area contributed by atoms with Crippen LogP contribution in [0.25, 0.3) is 0 Å². The second kappa shape index (κ2) is 10.2. The van der Waals surface area contributed by atoms with Gasteiger partial charge in [-0.3, -0.25) is 9.78 Å². The summed E-state index contributed by atoms with van der Waals surface area (Å²) < 4.78 is 11.1. The molecule has 1 aromatic heterocycles. The summed E-state index contributed by atoms with van der Waals surface area (Å²) in [6.45, 7) is 0.328. The zero-order chi connectivity index (χ0) is 19.1. The Morgan fingerprint density at radius 1 is 1.14 bits per heavy atom. The van der Waals surface area contributed by atoms with Gasteiger partial charge in [0.1, 0.15) is 5.75 Å². The van der Waals surface area contributed by atoms with Crippen LogP contribution in [0.1, 0.15) is 12.8 Å². The second-order valence-corrected chi connectivity index (χ2v) is 6.75. The molecule has 152 valence electrons. The van der Waals surface area contributed by atoms with Crippen LogP contribution in [-0.4, -0.2) is 58.1 Å². The molecule has 3 N–H and O–H groups in total. The van der Waals surface area contributed by atoms with E-state index in [-0.39, 0.29) is 38.1 Å². The number of carbonyl (C=O) groups is 1. The van der Waals surface area contributed by atoms with Crippen molar-refractivity contribution in [1.82, 2.24) is 15.3 Å². The zero-order valence-electron chi connectivity index (χ0n) is 15.2. The first kappa shape index (κ1) is 21.9. The standard InChI is InChI=1S/C19H23N3O5.ClH/c23-15-8-19(9-16(15)24,13-27-18-10-20-6-7-21-18)12-22-17(25)11-26-14-4-2-1-3-5-14;/h1-7,10,15-16,23-24H,8-9,11-13H2,(H,22,25);1H/t15-,16+,19?;. The van der Waals surface area contributed by atoms with Crippen LogP contribution in [0.3, 0.4) is 0 Å². The SMILES string of the molecule is Cl.O=C(COc1ccccc1)NCC1(COc2cnccn2)C[C@@H](O)[C@@H](O)C1. The minimum absolute atomic E-state index is 0. The molecule has 0 spiro atoms. The Kier molecular flexibility index (Phi) is 7.98. The van der Waals surface area contributed by atoms with Crippen molar-refractivity contribution in [2.45, 2.75) is 25.0 Å². The highest BCUT2D eigenvalue weighted by Crippen LogP contribution is 2.38. The third kappa shape index (κ3) is 6.05. The Morgan fingerprint density at radius 2 is 1.86 bits per heavy atom. The molecule has 1 amide bonds. The molecular formula is C19H24ClN3O5. The van der Waals surface area contributed by atoms with Crippen molar-refractivity contribution in [3.8, 4) is 11.6 Å². The number of nitrogens with zero attached hydrogens (tertiary/aromatic N) is 2. The van der Waals surface area contributed by atoms with Crippen molar-refractivity contribution in [3.05, 3.63) is 48.9 Å². The fraction of sp³-hybridized carbons (Fsp3) is 0.421. The van der Waals surface area contributed by atoms with Crippen molar-refractivity contribution < 1.29 is 24.5 Å². The number of ether oxygens (including phenoxy) is 2. The maximum Gasteiger partial charge on any atom is 0.257 e. The summed E-state index contributed by atoms with van der Waals surface area (Å²) in [5, 5.41) is 22.8. The minimum Gasteiger partial charge on any atom is -0.484 e. The molecule has 8 nitrogen and oxygen atoms in total. The quantitative estimate of drug-likeness (QED) is 0.595. The van der Waals surface area contributed by atoms with Crippen LogP contribution in [-0.2, 0) is 4.79 Å². The maximum atomic E-state index is 12.1. The summed E-state index contributed by atoms with van der Waals surface area (Å²) in [6, 6.07) is 9.06. The van der Waals surface area contributed by atoms with Gasteiger partial charge in [0.25, 0.3) is 5.91 Å². The Hall–Kier alpha value is -2.42. The van der Waals surface area contributed by atoms with E-state index in [1.807, 2.05) is 18.2 Å². The van der Waals surface area contributed by atoms with Gasteiger partial charge in [-0.2, -0.15) is 0 Å².